The van der Waals surface area contributed by atoms with Gasteiger partial charge in [-0.05, 0) is 30.5 Å². The summed E-state index contributed by atoms with van der Waals surface area (Å²) in [5, 5.41) is 19.1. The van der Waals surface area contributed by atoms with Crippen LogP contribution >= 0.6 is 11.6 Å². The number of aliphatic hydroxyl groups excluding tert-OH is 1. The molecule has 1 aliphatic heterocycles. The normalized spacial score (nSPS) is 23.4. The van der Waals surface area contributed by atoms with Gasteiger partial charge in [-0.1, -0.05) is 18.5 Å². The average Bonchev–Trinajstić information content (AvgIpc) is 2.70. The lowest BCUT2D eigenvalue weighted by Gasteiger charge is -2.28. The topological polar surface area (TPSA) is 60.8 Å². The van der Waals surface area contributed by atoms with Crippen molar-refractivity contribution in [2.75, 3.05) is 18.1 Å². The van der Waals surface area contributed by atoms with E-state index in [1.807, 2.05) is 4.90 Å². The third-order valence-corrected chi connectivity index (χ3v) is 3.80. The fourth-order valence-electron chi connectivity index (χ4n) is 2.52. The van der Waals surface area contributed by atoms with Crippen LogP contribution in [0.5, 0.6) is 0 Å². The number of anilines is 1. The molecular weight excluding hydrogens is 254 g/mol. The first-order chi connectivity index (χ1) is 8.54. The van der Waals surface area contributed by atoms with Crippen LogP contribution in [0.1, 0.15) is 23.7 Å². The second-order valence-electron chi connectivity index (χ2n) is 4.68. The molecule has 1 aliphatic rings. The van der Waals surface area contributed by atoms with Gasteiger partial charge in [-0.3, -0.25) is 0 Å². The lowest BCUT2D eigenvalue weighted by Crippen LogP contribution is -2.36. The summed E-state index contributed by atoms with van der Waals surface area (Å²) >= 11 is 5.84. The molecule has 98 valence electrons. The van der Waals surface area contributed by atoms with Crippen molar-refractivity contribution >= 4 is 23.3 Å². The molecule has 0 aromatic heterocycles. The Balaban J connectivity index is 2.41. The van der Waals surface area contributed by atoms with Crippen molar-refractivity contribution in [2.45, 2.75) is 19.4 Å². The highest BCUT2D eigenvalue weighted by molar-refractivity contribution is 6.31. The fraction of sp³-hybridized carbons (Fsp3) is 0.462. The molecule has 1 saturated heterocycles. The first-order valence-electron chi connectivity index (χ1n) is 5.95. The van der Waals surface area contributed by atoms with Crippen LogP contribution in [-0.4, -0.2) is 35.4 Å². The number of halogens is 1. The van der Waals surface area contributed by atoms with E-state index in [2.05, 4.69) is 6.92 Å². The summed E-state index contributed by atoms with van der Waals surface area (Å²) in [6, 6.07) is 4.83. The molecular formula is C13H16ClNO3. The van der Waals surface area contributed by atoms with Crippen LogP contribution in [0.15, 0.2) is 18.2 Å². The fourth-order valence-corrected chi connectivity index (χ4v) is 2.69. The van der Waals surface area contributed by atoms with Crippen molar-refractivity contribution in [3.05, 3.63) is 28.8 Å². The molecule has 1 heterocycles. The summed E-state index contributed by atoms with van der Waals surface area (Å²) in [4.78, 5) is 13.2. The van der Waals surface area contributed by atoms with Gasteiger partial charge in [0.1, 0.15) is 0 Å². The molecule has 0 saturated carbocycles. The zero-order valence-electron chi connectivity index (χ0n) is 10.1. The molecule has 0 aliphatic carbocycles. The molecule has 0 bridgehead atoms. The molecule has 1 fully saturated rings. The van der Waals surface area contributed by atoms with Gasteiger partial charge in [0.25, 0.3) is 0 Å². The van der Waals surface area contributed by atoms with Gasteiger partial charge in [0.2, 0.25) is 0 Å². The summed E-state index contributed by atoms with van der Waals surface area (Å²) in [6.07, 6.45) is 0.951. The summed E-state index contributed by atoms with van der Waals surface area (Å²) < 4.78 is 0. The minimum absolute atomic E-state index is 0.0238. The monoisotopic (exact) mass is 269 g/mol. The number of benzene rings is 1. The number of carbonyl (C=O) groups is 1. The molecule has 2 atom stereocenters. The van der Waals surface area contributed by atoms with Gasteiger partial charge >= 0.3 is 5.97 Å². The van der Waals surface area contributed by atoms with Crippen molar-refractivity contribution in [3.8, 4) is 0 Å². The lowest BCUT2D eigenvalue weighted by molar-refractivity contribution is 0.0697. The molecule has 0 radical (unpaired) electrons. The molecule has 0 spiro atoms. The minimum Gasteiger partial charge on any atom is -0.478 e. The third-order valence-electron chi connectivity index (χ3n) is 3.57. The van der Waals surface area contributed by atoms with Crippen molar-refractivity contribution in [1.82, 2.24) is 0 Å². The predicted octanol–water partition coefficient (Wildman–Crippen LogP) is 2.25. The van der Waals surface area contributed by atoms with E-state index in [0.29, 0.717) is 16.6 Å². The molecule has 2 rings (SSSR count). The van der Waals surface area contributed by atoms with Gasteiger partial charge in [0, 0.05) is 11.6 Å². The number of carboxylic acid groups (broad SMARTS) is 1. The highest BCUT2D eigenvalue weighted by Gasteiger charge is 2.32. The zero-order valence-corrected chi connectivity index (χ0v) is 10.9. The summed E-state index contributed by atoms with van der Waals surface area (Å²) in [5.74, 6) is -0.643. The standard InChI is InChI=1S/C13H16ClNO3/c1-8-4-5-15(12(8)7-16)11-3-2-9(14)6-10(11)13(17)18/h2-3,6,8,12,16H,4-5,7H2,1H3,(H,17,18). The second kappa shape index (κ2) is 5.16. The first kappa shape index (κ1) is 13.2. The Labute approximate surface area is 111 Å². The van der Waals surface area contributed by atoms with Gasteiger partial charge in [-0.2, -0.15) is 0 Å². The van der Waals surface area contributed by atoms with Gasteiger partial charge in [0.15, 0.2) is 0 Å². The van der Waals surface area contributed by atoms with Crippen LogP contribution in [-0.2, 0) is 0 Å². The van der Waals surface area contributed by atoms with Crippen LogP contribution in [0, 0.1) is 5.92 Å². The molecule has 2 N–H and O–H groups in total. The number of aromatic carboxylic acids is 1. The Morgan fingerprint density at radius 1 is 1.56 bits per heavy atom. The van der Waals surface area contributed by atoms with Gasteiger partial charge in [0.05, 0.1) is 23.9 Å². The van der Waals surface area contributed by atoms with E-state index in [-0.39, 0.29) is 18.2 Å². The van der Waals surface area contributed by atoms with E-state index in [1.54, 1.807) is 12.1 Å². The highest BCUT2D eigenvalue weighted by atomic mass is 35.5. The van der Waals surface area contributed by atoms with Crippen LogP contribution < -0.4 is 4.90 Å². The molecule has 4 nitrogen and oxygen atoms in total. The lowest BCUT2D eigenvalue weighted by atomic mass is 10.0. The number of hydrogen-bond donors (Lipinski definition) is 2. The Morgan fingerprint density at radius 3 is 2.89 bits per heavy atom. The maximum Gasteiger partial charge on any atom is 0.337 e. The largest absolute Gasteiger partial charge is 0.478 e. The Hall–Kier alpha value is -1.26. The maximum atomic E-state index is 11.3. The third kappa shape index (κ3) is 2.31. The second-order valence-corrected chi connectivity index (χ2v) is 5.11. The maximum absolute atomic E-state index is 11.3. The van der Waals surface area contributed by atoms with Crippen molar-refractivity contribution in [3.63, 3.8) is 0 Å². The molecule has 5 heteroatoms. The van der Waals surface area contributed by atoms with Gasteiger partial charge in [-0.15, -0.1) is 0 Å². The molecule has 1 aromatic carbocycles. The Kier molecular flexibility index (Phi) is 3.78. The summed E-state index contributed by atoms with van der Waals surface area (Å²) in [6.45, 7) is 2.86. The number of aliphatic hydroxyl groups is 1. The smallest absolute Gasteiger partial charge is 0.337 e. The summed E-state index contributed by atoms with van der Waals surface area (Å²) in [7, 11) is 0. The Morgan fingerprint density at radius 2 is 2.28 bits per heavy atom. The summed E-state index contributed by atoms with van der Waals surface area (Å²) in [5.41, 5.74) is 0.824. The van der Waals surface area contributed by atoms with Crippen LogP contribution in [0.4, 0.5) is 5.69 Å². The molecule has 18 heavy (non-hydrogen) atoms. The van der Waals surface area contributed by atoms with E-state index in [9.17, 15) is 15.0 Å². The van der Waals surface area contributed by atoms with Gasteiger partial charge in [-0.25, -0.2) is 4.79 Å². The molecule has 1 aromatic rings. The molecule has 2 unspecified atom stereocenters. The Bertz CT molecular complexity index is 464. The van der Waals surface area contributed by atoms with E-state index in [1.165, 1.54) is 6.07 Å². The van der Waals surface area contributed by atoms with Crippen molar-refractivity contribution in [1.29, 1.82) is 0 Å². The minimum atomic E-state index is -0.997. The number of rotatable bonds is 3. The van der Waals surface area contributed by atoms with E-state index >= 15 is 0 Å². The number of hydrogen-bond acceptors (Lipinski definition) is 3. The van der Waals surface area contributed by atoms with Gasteiger partial charge < -0.3 is 15.1 Å². The molecule has 0 amide bonds. The quantitative estimate of drug-likeness (QED) is 0.884. The highest BCUT2D eigenvalue weighted by Crippen LogP contribution is 2.33. The van der Waals surface area contributed by atoms with Crippen molar-refractivity contribution in [2.24, 2.45) is 5.92 Å². The number of carboxylic acids is 1. The van der Waals surface area contributed by atoms with E-state index < -0.39 is 5.97 Å². The zero-order chi connectivity index (χ0) is 13.3. The van der Waals surface area contributed by atoms with E-state index in [4.69, 9.17) is 11.6 Å². The van der Waals surface area contributed by atoms with Crippen LogP contribution in [0.2, 0.25) is 5.02 Å². The average molecular weight is 270 g/mol. The van der Waals surface area contributed by atoms with Crippen LogP contribution in [0.3, 0.4) is 0 Å². The SMILES string of the molecule is CC1CCN(c2ccc(Cl)cc2C(=O)O)C1CO. The van der Waals surface area contributed by atoms with Crippen molar-refractivity contribution < 1.29 is 15.0 Å². The predicted molar refractivity (Wildman–Crippen MR) is 70.4 cm³/mol. The number of nitrogens with zero attached hydrogens (tertiary/aromatic N) is 1. The van der Waals surface area contributed by atoms with Crippen LogP contribution in [0.25, 0.3) is 0 Å². The van der Waals surface area contributed by atoms with E-state index in [0.717, 1.165) is 13.0 Å². The first-order valence-corrected chi connectivity index (χ1v) is 6.32.